The number of nitrogens with zero attached hydrogens (tertiary/aromatic N) is 3. The molecule has 41 heavy (non-hydrogen) atoms. The van der Waals surface area contributed by atoms with Crippen molar-refractivity contribution in [1.82, 2.24) is 9.97 Å². The Labute approximate surface area is 248 Å². The van der Waals surface area contributed by atoms with Crippen LogP contribution in [0.4, 0.5) is 0 Å². The molecule has 0 atom stereocenters. The van der Waals surface area contributed by atoms with Crippen LogP contribution in [0.1, 0.15) is 59.3 Å². The summed E-state index contributed by atoms with van der Waals surface area (Å²) < 4.78 is 24.7. The number of aromatic hydroxyl groups is 2. The fourth-order valence-corrected chi connectivity index (χ4v) is 5.48. The maximum absolute atomic E-state index is 11.5. The average Bonchev–Trinajstić information content (AvgIpc) is 3.88. The Morgan fingerprint density at radius 2 is 1.32 bits per heavy atom. The van der Waals surface area contributed by atoms with Gasteiger partial charge in [0.1, 0.15) is 5.56 Å². The summed E-state index contributed by atoms with van der Waals surface area (Å²) in [6, 6.07) is 7.16. The quantitative estimate of drug-likeness (QED) is 0.161. The maximum atomic E-state index is 11.5. The van der Waals surface area contributed by atoms with Gasteiger partial charge in [-0.25, -0.2) is 14.8 Å². The molecule has 2 fully saturated rings. The van der Waals surface area contributed by atoms with Crippen LogP contribution in [0.15, 0.2) is 33.0 Å². The van der Waals surface area contributed by atoms with E-state index in [0.717, 1.165) is 42.3 Å². The number of hydrogen-bond donors (Lipinski definition) is 4. The molecule has 2 aliphatic carbocycles. The van der Waals surface area contributed by atoms with Gasteiger partial charge in [0.05, 0.1) is 37.7 Å². The monoisotopic (exact) mass is 638 g/mol. The van der Waals surface area contributed by atoms with Crippen molar-refractivity contribution in [3.8, 4) is 34.5 Å². The van der Waals surface area contributed by atoms with Gasteiger partial charge in [0.15, 0.2) is 34.5 Å². The second-order valence-corrected chi connectivity index (χ2v) is 10.8. The van der Waals surface area contributed by atoms with Crippen LogP contribution >= 0.6 is 28.7 Å². The van der Waals surface area contributed by atoms with Crippen LogP contribution in [-0.4, -0.2) is 52.5 Å². The van der Waals surface area contributed by atoms with Crippen LogP contribution in [0.25, 0.3) is 21.8 Å². The predicted octanol–water partition coefficient (Wildman–Crippen LogP) is 5.74. The molecule has 2 saturated carbocycles. The van der Waals surface area contributed by atoms with Crippen LogP contribution < -0.4 is 18.9 Å². The van der Waals surface area contributed by atoms with Gasteiger partial charge in [0.25, 0.3) is 0 Å². The van der Waals surface area contributed by atoms with Gasteiger partial charge in [0, 0.05) is 11.8 Å². The van der Waals surface area contributed by atoms with E-state index in [1.165, 1.54) is 0 Å². The molecule has 4 aromatic rings. The molecule has 2 aromatic heterocycles. The Morgan fingerprint density at radius 3 is 1.80 bits per heavy atom. The van der Waals surface area contributed by atoms with Gasteiger partial charge in [-0.3, -0.25) is 0 Å². The van der Waals surface area contributed by atoms with E-state index in [2.05, 4.69) is 50.7 Å². The molecule has 0 bridgehead atoms. The van der Waals surface area contributed by atoms with Gasteiger partial charge in [-0.1, -0.05) is 0 Å². The van der Waals surface area contributed by atoms with Gasteiger partial charge in [-0.05, 0) is 65.9 Å². The number of fused-ring (bicyclic) bond motifs is 6. The van der Waals surface area contributed by atoms with Gasteiger partial charge < -0.3 is 34.3 Å². The number of aromatic nitrogens is 2. The predicted molar refractivity (Wildman–Crippen MR) is 155 cm³/mol. The van der Waals surface area contributed by atoms with E-state index in [1.54, 1.807) is 12.1 Å². The molecular formula is C27H22BBrN3O8S. The zero-order valence-corrected chi connectivity index (χ0v) is 23.8. The third kappa shape index (κ3) is 4.99. The molecule has 2 aromatic carbocycles. The summed E-state index contributed by atoms with van der Waals surface area (Å²) in [5.74, 6) is 1.50. The summed E-state index contributed by atoms with van der Waals surface area (Å²) in [6.45, 7) is 0.255. The van der Waals surface area contributed by atoms with Crippen LogP contribution in [-0.2, 0) is 0 Å². The molecule has 0 spiro atoms. The van der Waals surface area contributed by atoms with Crippen molar-refractivity contribution < 1.29 is 39.1 Å². The van der Waals surface area contributed by atoms with E-state index < -0.39 is 5.97 Å². The van der Waals surface area contributed by atoms with Crippen molar-refractivity contribution in [3.05, 3.63) is 45.7 Å². The third-order valence-corrected chi connectivity index (χ3v) is 7.83. The number of aromatic carboxylic acids is 1. The Morgan fingerprint density at radius 1 is 0.854 bits per heavy atom. The van der Waals surface area contributed by atoms with Crippen molar-refractivity contribution in [1.29, 1.82) is 0 Å². The molecule has 0 saturated heterocycles. The molecule has 1 radical (unpaired) electrons. The summed E-state index contributed by atoms with van der Waals surface area (Å²) in [4.78, 5) is 20.5. The fourth-order valence-electron chi connectivity index (χ4n) is 4.90. The van der Waals surface area contributed by atoms with Crippen LogP contribution in [0, 0.1) is 0 Å². The van der Waals surface area contributed by atoms with E-state index in [0.29, 0.717) is 50.0 Å². The second kappa shape index (κ2) is 10.9. The SMILES string of the molecule is O=C(O)c1c(O)c(C2CC2)nc2ccc3c(c12)OCO3.Oc1c(C2CC2)nc2ccc3c(c2c1Br)OCO3.[B]=NS. The molecule has 4 aliphatic rings. The number of hydrogen-bond acceptors (Lipinski definition) is 11. The zero-order chi connectivity index (χ0) is 28.8. The van der Waals surface area contributed by atoms with Gasteiger partial charge >= 0.3 is 30.7 Å². The number of halogens is 1. The average molecular weight is 639 g/mol. The molecule has 209 valence electrons. The van der Waals surface area contributed by atoms with Crippen molar-refractivity contribution in [2.45, 2.75) is 37.5 Å². The van der Waals surface area contributed by atoms with Crippen molar-refractivity contribution in [2.24, 2.45) is 4.30 Å². The molecule has 8 rings (SSSR count). The zero-order valence-electron chi connectivity index (χ0n) is 21.3. The molecule has 0 unspecified atom stereocenters. The normalized spacial score (nSPS) is 16.0. The summed E-state index contributed by atoms with van der Waals surface area (Å²) in [5.41, 5.74) is 2.43. The summed E-state index contributed by atoms with van der Waals surface area (Å²) in [7, 11) is 4.34. The summed E-state index contributed by atoms with van der Waals surface area (Å²) >= 11 is 6.65. The Bertz CT molecular complexity index is 1730. The number of carboxylic acid groups (broad SMARTS) is 1. The van der Waals surface area contributed by atoms with Gasteiger partial charge in [0.2, 0.25) is 13.6 Å². The molecular weight excluding hydrogens is 617 g/mol. The molecule has 2 aliphatic heterocycles. The summed E-state index contributed by atoms with van der Waals surface area (Å²) in [6.07, 6.45) is 4.05. The minimum atomic E-state index is -1.19. The molecule has 0 amide bonds. The van der Waals surface area contributed by atoms with E-state index >= 15 is 0 Å². The standard InChI is InChI=1S/C14H11NO5.C13H10BrNO3.BHNS/c16-12-10(14(17)18)9-7(15-11(12)6-1-2-6)3-4-8-13(9)20-5-19-8;14-10-9-7(3-4-8-13(9)18-5-17-8)15-11(12(10)16)6-1-2-6;1-2-3/h3-4,6,16H,1-2,5H2,(H,17,18);3-4,6,16H,1-2,5H2;3H. The number of ether oxygens (including phenoxy) is 4. The van der Waals surface area contributed by atoms with Gasteiger partial charge in [-0.2, -0.15) is 0 Å². The van der Waals surface area contributed by atoms with Crippen LogP contribution in [0.2, 0.25) is 0 Å². The van der Waals surface area contributed by atoms with E-state index in [1.807, 2.05) is 12.1 Å². The van der Waals surface area contributed by atoms with E-state index in [-0.39, 0.29) is 36.6 Å². The fraction of sp³-hybridized carbons (Fsp3) is 0.296. The first-order valence-corrected chi connectivity index (χ1v) is 13.9. The topological polar surface area (TPSA) is 153 Å². The minimum absolute atomic E-state index is 0.0403. The second-order valence-electron chi connectivity index (χ2n) is 9.74. The van der Waals surface area contributed by atoms with E-state index in [9.17, 15) is 20.1 Å². The van der Waals surface area contributed by atoms with Crippen molar-refractivity contribution >= 4 is 64.2 Å². The van der Waals surface area contributed by atoms with Crippen LogP contribution in [0.5, 0.6) is 34.5 Å². The Hall–Kier alpha value is -3.78. The van der Waals surface area contributed by atoms with Crippen LogP contribution in [0.3, 0.4) is 0 Å². The first-order valence-electron chi connectivity index (χ1n) is 12.7. The van der Waals surface area contributed by atoms with Crippen molar-refractivity contribution in [2.75, 3.05) is 13.6 Å². The number of carboxylic acids is 1. The number of benzene rings is 2. The molecule has 3 N–H and O–H groups in total. The third-order valence-electron chi connectivity index (χ3n) is 7.06. The molecule has 14 heteroatoms. The Balaban J connectivity index is 0.000000135. The number of carbonyl (C=O) groups is 1. The van der Waals surface area contributed by atoms with E-state index in [4.69, 9.17) is 18.9 Å². The van der Waals surface area contributed by atoms with Gasteiger partial charge in [-0.15, -0.1) is 0 Å². The number of thiol groups is 1. The number of pyridine rings is 2. The first-order chi connectivity index (χ1) is 19.8. The number of rotatable bonds is 3. The first kappa shape index (κ1) is 27.4. The Kier molecular flexibility index (Phi) is 7.28. The van der Waals surface area contributed by atoms with Crippen molar-refractivity contribution in [3.63, 3.8) is 0 Å². The molecule has 4 heterocycles. The molecule has 11 nitrogen and oxygen atoms in total. The summed E-state index contributed by atoms with van der Waals surface area (Å²) in [5, 5.41) is 31.0.